The van der Waals surface area contributed by atoms with E-state index in [0.717, 1.165) is 10.5 Å². The minimum absolute atomic E-state index is 0.0832. The van der Waals surface area contributed by atoms with Gasteiger partial charge in [-0.15, -0.1) is 23.1 Å². The second-order valence-electron chi connectivity index (χ2n) is 7.73. The van der Waals surface area contributed by atoms with Gasteiger partial charge in [0.15, 0.2) is 16.6 Å². The Hall–Kier alpha value is -4.42. The topological polar surface area (TPSA) is 133 Å². The molecule has 1 heterocycles. The van der Waals surface area contributed by atoms with Crippen LogP contribution < -0.4 is 20.1 Å². The van der Waals surface area contributed by atoms with Crippen LogP contribution in [0.2, 0.25) is 0 Å². The SMILES string of the molecule is COc1ccc(-c2csc(NC(=O)CSc3ccc(NC(=O)c4ccc([N+](=O)[O-])cc4)cc3)n2)cc1OC. The van der Waals surface area contributed by atoms with Crippen molar-refractivity contribution in [3.8, 4) is 22.8 Å². The number of benzene rings is 3. The van der Waals surface area contributed by atoms with Gasteiger partial charge in [0, 0.05) is 39.2 Å². The fourth-order valence-corrected chi connectivity index (χ4v) is 4.77. The van der Waals surface area contributed by atoms with E-state index in [4.69, 9.17) is 9.47 Å². The molecule has 0 fully saturated rings. The van der Waals surface area contributed by atoms with E-state index in [0.29, 0.717) is 33.6 Å². The third-order valence-electron chi connectivity index (χ3n) is 5.25. The second-order valence-corrected chi connectivity index (χ2v) is 9.63. The molecule has 38 heavy (non-hydrogen) atoms. The third kappa shape index (κ3) is 6.66. The van der Waals surface area contributed by atoms with E-state index in [9.17, 15) is 19.7 Å². The van der Waals surface area contributed by atoms with Crippen molar-refractivity contribution in [2.45, 2.75) is 4.90 Å². The number of nitro groups is 1. The molecule has 0 atom stereocenters. The maximum atomic E-state index is 12.4. The smallest absolute Gasteiger partial charge is 0.269 e. The monoisotopic (exact) mass is 550 g/mol. The summed E-state index contributed by atoms with van der Waals surface area (Å²) >= 11 is 2.67. The van der Waals surface area contributed by atoms with Crippen molar-refractivity contribution >= 4 is 51.4 Å². The molecule has 1 aromatic heterocycles. The number of thiazole rings is 1. The summed E-state index contributed by atoms with van der Waals surface area (Å²) in [5.41, 5.74) is 2.34. The molecular formula is C26H22N4O6S2. The lowest BCUT2D eigenvalue weighted by Crippen LogP contribution is -2.13. The number of non-ortho nitro benzene ring substituents is 1. The molecule has 0 bridgehead atoms. The first-order valence-corrected chi connectivity index (χ1v) is 13.0. The lowest BCUT2D eigenvalue weighted by molar-refractivity contribution is -0.384. The zero-order valence-corrected chi connectivity index (χ0v) is 21.9. The van der Waals surface area contributed by atoms with Crippen LogP contribution in [0.4, 0.5) is 16.5 Å². The van der Waals surface area contributed by atoms with E-state index < -0.39 is 4.92 Å². The number of nitrogens with one attached hydrogen (secondary N) is 2. The lowest BCUT2D eigenvalue weighted by atomic mass is 10.1. The van der Waals surface area contributed by atoms with Crippen molar-refractivity contribution in [3.05, 3.63) is 87.8 Å². The number of rotatable bonds is 10. The summed E-state index contributed by atoms with van der Waals surface area (Å²) in [6.45, 7) is 0. The number of carbonyl (C=O) groups is 2. The molecule has 2 amide bonds. The summed E-state index contributed by atoms with van der Waals surface area (Å²) in [5.74, 6) is 0.822. The maximum Gasteiger partial charge on any atom is 0.269 e. The van der Waals surface area contributed by atoms with Gasteiger partial charge in [0.2, 0.25) is 5.91 Å². The van der Waals surface area contributed by atoms with E-state index in [1.165, 1.54) is 47.4 Å². The van der Waals surface area contributed by atoms with E-state index in [1.54, 1.807) is 44.6 Å². The van der Waals surface area contributed by atoms with Crippen molar-refractivity contribution in [3.63, 3.8) is 0 Å². The highest BCUT2D eigenvalue weighted by molar-refractivity contribution is 8.00. The highest BCUT2D eigenvalue weighted by Crippen LogP contribution is 2.33. The molecule has 10 nitrogen and oxygen atoms in total. The minimum Gasteiger partial charge on any atom is -0.493 e. The van der Waals surface area contributed by atoms with Gasteiger partial charge in [0.1, 0.15) is 0 Å². The van der Waals surface area contributed by atoms with E-state index in [-0.39, 0.29) is 23.3 Å². The van der Waals surface area contributed by atoms with Gasteiger partial charge in [-0.05, 0) is 54.6 Å². The number of nitro benzene ring substituents is 1. The first kappa shape index (κ1) is 26.6. The van der Waals surface area contributed by atoms with Crippen LogP contribution in [-0.4, -0.2) is 41.7 Å². The Balaban J connectivity index is 1.28. The van der Waals surface area contributed by atoms with Crippen LogP contribution in [0.3, 0.4) is 0 Å². The molecule has 194 valence electrons. The highest BCUT2D eigenvalue weighted by Gasteiger charge is 2.12. The Morgan fingerprint density at radius 1 is 0.974 bits per heavy atom. The van der Waals surface area contributed by atoms with Crippen LogP contribution in [0.25, 0.3) is 11.3 Å². The van der Waals surface area contributed by atoms with Gasteiger partial charge in [-0.3, -0.25) is 19.7 Å². The number of aromatic nitrogens is 1. The van der Waals surface area contributed by atoms with E-state index >= 15 is 0 Å². The molecule has 0 spiro atoms. The van der Waals surface area contributed by atoms with Gasteiger partial charge in [0.05, 0.1) is 30.6 Å². The summed E-state index contributed by atoms with van der Waals surface area (Å²) in [7, 11) is 3.14. The Kier molecular flexibility index (Phi) is 8.56. The number of amides is 2. The van der Waals surface area contributed by atoms with Crippen LogP contribution >= 0.6 is 23.1 Å². The van der Waals surface area contributed by atoms with Crippen molar-refractivity contribution in [2.75, 3.05) is 30.6 Å². The van der Waals surface area contributed by atoms with Crippen LogP contribution in [0.5, 0.6) is 11.5 Å². The number of hydrogen-bond acceptors (Lipinski definition) is 9. The zero-order valence-electron chi connectivity index (χ0n) is 20.3. The van der Waals surface area contributed by atoms with Crippen LogP contribution in [0.15, 0.2) is 77.0 Å². The molecule has 0 saturated carbocycles. The van der Waals surface area contributed by atoms with Gasteiger partial charge in [-0.1, -0.05) is 0 Å². The van der Waals surface area contributed by atoms with Gasteiger partial charge in [-0.2, -0.15) is 0 Å². The Labute approximate surface area is 226 Å². The first-order chi connectivity index (χ1) is 18.4. The zero-order chi connectivity index (χ0) is 27.1. The van der Waals surface area contributed by atoms with Crippen molar-refractivity contribution in [2.24, 2.45) is 0 Å². The molecule has 0 unspecified atom stereocenters. The predicted octanol–water partition coefficient (Wildman–Crippen LogP) is 5.72. The Morgan fingerprint density at radius 2 is 1.68 bits per heavy atom. The fourth-order valence-electron chi connectivity index (χ4n) is 3.34. The number of ether oxygens (including phenoxy) is 2. The van der Waals surface area contributed by atoms with E-state index in [2.05, 4.69) is 15.6 Å². The molecule has 4 rings (SSSR count). The average molecular weight is 551 g/mol. The number of methoxy groups -OCH3 is 2. The normalized spacial score (nSPS) is 10.5. The van der Waals surface area contributed by atoms with Crippen LogP contribution in [0, 0.1) is 10.1 Å². The molecule has 0 aliphatic carbocycles. The number of carbonyl (C=O) groups excluding carboxylic acids is 2. The average Bonchev–Trinajstić information content (AvgIpc) is 3.40. The first-order valence-electron chi connectivity index (χ1n) is 11.1. The quantitative estimate of drug-likeness (QED) is 0.146. The molecular weight excluding hydrogens is 528 g/mol. The number of thioether (sulfide) groups is 1. The summed E-state index contributed by atoms with van der Waals surface area (Å²) in [4.78, 5) is 40.4. The van der Waals surface area contributed by atoms with E-state index in [1.807, 2.05) is 17.5 Å². The number of hydrogen-bond donors (Lipinski definition) is 2. The van der Waals surface area contributed by atoms with Crippen LogP contribution in [-0.2, 0) is 4.79 Å². The molecule has 0 radical (unpaired) electrons. The Bertz CT molecular complexity index is 1460. The molecule has 0 saturated heterocycles. The lowest BCUT2D eigenvalue weighted by Gasteiger charge is -2.08. The predicted molar refractivity (Wildman–Crippen MR) is 147 cm³/mol. The van der Waals surface area contributed by atoms with Crippen molar-refractivity contribution in [1.82, 2.24) is 4.98 Å². The summed E-state index contributed by atoms with van der Waals surface area (Å²) in [6.07, 6.45) is 0. The standard InChI is InChI=1S/C26H22N4O6S2/c1-35-22-12-5-17(13-23(22)36-2)21-14-38-26(28-21)29-24(31)15-37-20-10-6-18(7-11-20)27-25(32)16-3-8-19(9-4-16)30(33)34/h3-14H,15H2,1-2H3,(H,27,32)(H,28,29,31). The Morgan fingerprint density at radius 3 is 2.34 bits per heavy atom. The van der Waals surface area contributed by atoms with Gasteiger partial charge in [-0.25, -0.2) is 4.98 Å². The summed E-state index contributed by atoms with van der Waals surface area (Å²) in [6, 6.07) is 17.9. The van der Waals surface area contributed by atoms with Gasteiger partial charge in [0.25, 0.3) is 11.6 Å². The molecule has 0 aliphatic heterocycles. The van der Waals surface area contributed by atoms with Crippen molar-refractivity contribution < 1.29 is 24.0 Å². The molecule has 12 heteroatoms. The largest absolute Gasteiger partial charge is 0.493 e. The van der Waals surface area contributed by atoms with Crippen LogP contribution in [0.1, 0.15) is 10.4 Å². The van der Waals surface area contributed by atoms with Crippen molar-refractivity contribution in [1.29, 1.82) is 0 Å². The summed E-state index contributed by atoms with van der Waals surface area (Å²) < 4.78 is 10.6. The second kappa shape index (κ2) is 12.2. The summed E-state index contributed by atoms with van der Waals surface area (Å²) in [5, 5.41) is 18.7. The van der Waals surface area contributed by atoms with Gasteiger partial charge < -0.3 is 20.1 Å². The van der Waals surface area contributed by atoms with Gasteiger partial charge >= 0.3 is 0 Å². The maximum absolute atomic E-state index is 12.4. The molecule has 2 N–H and O–H groups in total. The fraction of sp³-hybridized carbons (Fsp3) is 0.115. The molecule has 0 aliphatic rings. The number of nitrogens with zero attached hydrogens (tertiary/aromatic N) is 2. The number of anilines is 2. The highest BCUT2D eigenvalue weighted by atomic mass is 32.2. The molecule has 3 aromatic carbocycles. The third-order valence-corrected chi connectivity index (χ3v) is 7.02. The minimum atomic E-state index is -0.521. The molecule has 4 aromatic rings.